The van der Waals surface area contributed by atoms with Crippen molar-refractivity contribution in [2.75, 3.05) is 18.5 Å². The molecular formula is C24H33N3O3S. The van der Waals surface area contributed by atoms with Crippen molar-refractivity contribution >= 4 is 28.9 Å². The van der Waals surface area contributed by atoms with Crippen molar-refractivity contribution in [3.05, 3.63) is 66.2 Å². The highest BCUT2D eigenvalue weighted by atomic mass is 32.1. The highest BCUT2D eigenvalue weighted by molar-refractivity contribution is 7.80. The molecule has 6 nitrogen and oxygen atoms in total. The van der Waals surface area contributed by atoms with Gasteiger partial charge in [-0.1, -0.05) is 62.4 Å². The molecule has 7 heteroatoms. The Morgan fingerprint density at radius 1 is 1.03 bits per heavy atom. The smallest absolute Gasteiger partial charge is 0.241 e. The second-order valence-electron chi connectivity index (χ2n) is 7.97. The van der Waals surface area contributed by atoms with Crippen LogP contribution in [0.1, 0.15) is 32.3 Å². The molecule has 0 heterocycles. The zero-order chi connectivity index (χ0) is 22.5. The summed E-state index contributed by atoms with van der Waals surface area (Å²) in [4.78, 5) is 12.8. The lowest BCUT2D eigenvalue weighted by atomic mass is 9.93. The highest BCUT2D eigenvalue weighted by Crippen LogP contribution is 2.15. The van der Waals surface area contributed by atoms with Crippen molar-refractivity contribution in [3.63, 3.8) is 0 Å². The van der Waals surface area contributed by atoms with Crippen LogP contribution in [0.3, 0.4) is 0 Å². The SMILES string of the molecule is CC(C)CCOC[C@H](O)C[C@H](Cc1ccccc1)C(=O)NNC(=S)Nc1ccccc1. The lowest BCUT2D eigenvalue weighted by Gasteiger charge is -2.21. The molecule has 4 N–H and O–H groups in total. The van der Waals surface area contributed by atoms with Crippen LogP contribution in [-0.2, 0) is 16.0 Å². The molecule has 2 aromatic carbocycles. The summed E-state index contributed by atoms with van der Waals surface area (Å²) in [5.74, 6) is -0.117. The van der Waals surface area contributed by atoms with E-state index < -0.39 is 12.0 Å². The first kappa shape index (κ1) is 24.8. The van der Waals surface area contributed by atoms with E-state index in [0.717, 1.165) is 17.7 Å². The van der Waals surface area contributed by atoms with Crippen LogP contribution in [0, 0.1) is 11.8 Å². The van der Waals surface area contributed by atoms with E-state index in [1.165, 1.54) is 0 Å². The minimum Gasteiger partial charge on any atom is -0.391 e. The van der Waals surface area contributed by atoms with Crippen LogP contribution in [0.25, 0.3) is 0 Å². The summed E-state index contributed by atoms with van der Waals surface area (Å²) >= 11 is 5.24. The Morgan fingerprint density at radius 2 is 1.68 bits per heavy atom. The molecule has 2 atom stereocenters. The number of hydrogen-bond donors (Lipinski definition) is 4. The highest BCUT2D eigenvalue weighted by Gasteiger charge is 2.23. The number of hydrogen-bond acceptors (Lipinski definition) is 4. The van der Waals surface area contributed by atoms with Gasteiger partial charge in [-0.25, -0.2) is 0 Å². The largest absolute Gasteiger partial charge is 0.391 e. The first-order chi connectivity index (χ1) is 14.9. The van der Waals surface area contributed by atoms with E-state index in [4.69, 9.17) is 17.0 Å². The zero-order valence-corrected chi connectivity index (χ0v) is 19.0. The molecule has 0 aliphatic rings. The van der Waals surface area contributed by atoms with Gasteiger partial charge in [0.2, 0.25) is 5.91 Å². The first-order valence-corrected chi connectivity index (χ1v) is 11.1. The molecule has 0 bridgehead atoms. The topological polar surface area (TPSA) is 82.6 Å². The van der Waals surface area contributed by atoms with E-state index in [0.29, 0.717) is 25.4 Å². The third-order valence-corrected chi connectivity index (χ3v) is 4.94. The molecule has 0 radical (unpaired) electrons. The summed E-state index contributed by atoms with van der Waals surface area (Å²) < 4.78 is 5.57. The van der Waals surface area contributed by atoms with E-state index in [-0.39, 0.29) is 17.6 Å². The Bertz CT molecular complexity index is 787. The number of amides is 1. The molecule has 0 saturated heterocycles. The van der Waals surface area contributed by atoms with E-state index in [2.05, 4.69) is 30.0 Å². The van der Waals surface area contributed by atoms with Crippen LogP contribution in [-0.4, -0.2) is 35.4 Å². The van der Waals surface area contributed by atoms with Gasteiger partial charge in [-0.3, -0.25) is 15.6 Å². The number of para-hydroxylation sites is 1. The Balaban J connectivity index is 1.88. The summed E-state index contributed by atoms with van der Waals surface area (Å²) in [6, 6.07) is 19.2. The number of aliphatic hydroxyl groups excluding tert-OH is 1. The second kappa shape index (κ2) is 13.7. The molecule has 0 fully saturated rings. The van der Waals surface area contributed by atoms with Crippen molar-refractivity contribution < 1.29 is 14.6 Å². The van der Waals surface area contributed by atoms with Crippen LogP contribution >= 0.6 is 12.2 Å². The number of carbonyl (C=O) groups is 1. The minimum absolute atomic E-state index is 0.215. The van der Waals surface area contributed by atoms with Crippen molar-refractivity contribution in [1.29, 1.82) is 0 Å². The third-order valence-electron chi connectivity index (χ3n) is 4.73. The summed E-state index contributed by atoms with van der Waals surface area (Å²) in [6.07, 6.45) is 1.02. The van der Waals surface area contributed by atoms with Gasteiger partial charge in [0.05, 0.1) is 12.7 Å². The predicted octanol–water partition coefficient (Wildman–Crippen LogP) is 3.68. The molecule has 0 unspecified atom stereocenters. The number of rotatable bonds is 11. The van der Waals surface area contributed by atoms with Gasteiger partial charge in [0.1, 0.15) is 0 Å². The Labute approximate surface area is 190 Å². The predicted molar refractivity (Wildman–Crippen MR) is 128 cm³/mol. The number of anilines is 1. The van der Waals surface area contributed by atoms with Crippen molar-refractivity contribution in [1.82, 2.24) is 10.9 Å². The standard InChI is InChI=1S/C24H33N3O3S/c1-18(2)13-14-30-17-22(28)16-20(15-19-9-5-3-6-10-19)23(29)26-27-24(31)25-21-11-7-4-8-12-21/h3-12,18,20,22,28H,13-17H2,1-2H3,(H,26,29)(H2,25,27,31)/t20-,22+/m0/s1. The van der Waals surface area contributed by atoms with Crippen molar-refractivity contribution in [3.8, 4) is 0 Å². The van der Waals surface area contributed by atoms with Gasteiger partial charge in [0.15, 0.2) is 5.11 Å². The Kier molecular flexibility index (Phi) is 11.0. The molecule has 168 valence electrons. The molecule has 0 spiro atoms. The number of hydrazine groups is 1. The first-order valence-electron chi connectivity index (χ1n) is 10.7. The summed E-state index contributed by atoms with van der Waals surface area (Å²) in [5.41, 5.74) is 7.26. The van der Waals surface area contributed by atoms with E-state index in [9.17, 15) is 9.90 Å². The average Bonchev–Trinajstić information content (AvgIpc) is 2.76. The maximum Gasteiger partial charge on any atom is 0.241 e. The van der Waals surface area contributed by atoms with Crippen LogP contribution in [0.5, 0.6) is 0 Å². The van der Waals surface area contributed by atoms with E-state index in [1.807, 2.05) is 60.7 Å². The fourth-order valence-corrected chi connectivity index (χ4v) is 3.19. The lowest BCUT2D eigenvalue weighted by Crippen LogP contribution is -2.47. The third kappa shape index (κ3) is 10.4. The normalized spacial score (nSPS) is 12.8. The number of carbonyl (C=O) groups excluding carboxylic acids is 1. The molecule has 0 aliphatic heterocycles. The van der Waals surface area contributed by atoms with Gasteiger partial charge >= 0.3 is 0 Å². The monoisotopic (exact) mass is 443 g/mol. The average molecular weight is 444 g/mol. The van der Waals surface area contributed by atoms with Crippen molar-refractivity contribution in [2.45, 2.75) is 39.2 Å². The number of benzene rings is 2. The van der Waals surface area contributed by atoms with Crippen LogP contribution in [0.4, 0.5) is 5.69 Å². The minimum atomic E-state index is -0.721. The van der Waals surface area contributed by atoms with Crippen LogP contribution < -0.4 is 16.2 Å². The molecule has 2 aromatic rings. The zero-order valence-electron chi connectivity index (χ0n) is 18.2. The maximum atomic E-state index is 12.8. The van der Waals surface area contributed by atoms with Gasteiger partial charge in [0.25, 0.3) is 0 Å². The number of ether oxygens (including phenoxy) is 1. The number of thiocarbonyl (C=S) groups is 1. The lowest BCUT2D eigenvalue weighted by molar-refractivity contribution is -0.127. The summed E-state index contributed by atoms with van der Waals surface area (Å²) in [6.45, 7) is 5.08. The Hall–Kier alpha value is -2.48. The molecule has 0 saturated carbocycles. The molecule has 0 aliphatic carbocycles. The molecular weight excluding hydrogens is 410 g/mol. The molecule has 1 amide bonds. The second-order valence-corrected chi connectivity index (χ2v) is 8.38. The maximum absolute atomic E-state index is 12.8. The van der Waals surface area contributed by atoms with Crippen LogP contribution in [0.15, 0.2) is 60.7 Å². The number of aliphatic hydroxyl groups is 1. The Morgan fingerprint density at radius 3 is 2.32 bits per heavy atom. The van der Waals surface area contributed by atoms with Gasteiger partial charge < -0.3 is 15.2 Å². The summed E-state index contributed by atoms with van der Waals surface area (Å²) in [5, 5.41) is 13.7. The van der Waals surface area contributed by atoms with Gasteiger partial charge in [-0.05, 0) is 55.1 Å². The number of nitrogens with one attached hydrogen (secondary N) is 3. The van der Waals surface area contributed by atoms with Crippen LogP contribution in [0.2, 0.25) is 0 Å². The summed E-state index contributed by atoms with van der Waals surface area (Å²) in [7, 11) is 0. The van der Waals surface area contributed by atoms with Gasteiger partial charge in [-0.2, -0.15) is 0 Å². The quantitative estimate of drug-likeness (QED) is 0.241. The fourth-order valence-electron chi connectivity index (χ4n) is 3.02. The fraction of sp³-hybridized carbons (Fsp3) is 0.417. The van der Waals surface area contributed by atoms with E-state index in [1.54, 1.807) is 0 Å². The van der Waals surface area contributed by atoms with E-state index >= 15 is 0 Å². The van der Waals surface area contributed by atoms with Crippen molar-refractivity contribution in [2.24, 2.45) is 11.8 Å². The van der Waals surface area contributed by atoms with Gasteiger partial charge in [-0.15, -0.1) is 0 Å². The molecule has 2 rings (SSSR count). The molecule has 0 aromatic heterocycles. The van der Waals surface area contributed by atoms with Gasteiger partial charge in [0, 0.05) is 18.2 Å². The molecule has 31 heavy (non-hydrogen) atoms.